The van der Waals surface area contributed by atoms with Crippen LogP contribution in [0.15, 0.2) is 61.6 Å². The molecule has 38 heavy (non-hydrogen) atoms. The van der Waals surface area contributed by atoms with Crippen molar-refractivity contribution in [3.05, 3.63) is 89.9 Å². The molecule has 1 unspecified atom stereocenters. The first-order valence-electron chi connectivity index (χ1n) is 11.8. The number of nitriles is 1. The first-order valence-corrected chi connectivity index (χ1v) is 11.8. The smallest absolute Gasteiger partial charge is 0.237 e. The van der Waals surface area contributed by atoms with E-state index in [4.69, 9.17) is 9.72 Å². The molecule has 0 spiro atoms. The van der Waals surface area contributed by atoms with Crippen LogP contribution >= 0.6 is 0 Å². The van der Waals surface area contributed by atoms with Gasteiger partial charge in [0.05, 0.1) is 52.8 Å². The average molecular weight is 509 g/mol. The predicted octanol–water partition coefficient (Wildman–Crippen LogP) is 4.21. The van der Waals surface area contributed by atoms with E-state index >= 15 is 4.39 Å². The summed E-state index contributed by atoms with van der Waals surface area (Å²) < 4.78 is 37.1. The van der Waals surface area contributed by atoms with E-state index in [-0.39, 0.29) is 17.9 Å². The van der Waals surface area contributed by atoms with Crippen LogP contribution in [-0.4, -0.2) is 36.1 Å². The van der Waals surface area contributed by atoms with Crippen molar-refractivity contribution in [3.63, 3.8) is 0 Å². The van der Waals surface area contributed by atoms with E-state index in [1.807, 2.05) is 4.90 Å². The second-order valence-corrected chi connectivity index (χ2v) is 8.89. The van der Waals surface area contributed by atoms with Gasteiger partial charge in [-0.25, -0.2) is 28.7 Å². The van der Waals surface area contributed by atoms with E-state index in [2.05, 4.69) is 31.3 Å². The summed E-state index contributed by atoms with van der Waals surface area (Å²) in [6.07, 6.45) is 7.82. The number of rotatable bonds is 3. The highest BCUT2D eigenvalue weighted by molar-refractivity contribution is 5.79. The van der Waals surface area contributed by atoms with Crippen LogP contribution in [0.25, 0.3) is 17.0 Å². The minimum Gasteiger partial charge on any atom is -0.490 e. The van der Waals surface area contributed by atoms with Crippen LogP contribution in [0.1, 0.15) is 35.3 Å². The maximum Gasteiger partial charge on any atom is 0.237 e. The third-order valence-electron chi connectivity index (χ3n) is 6.76. The number of ether oxygens (including phenoxy) is 1. The fraction of sp³-hybridized carbons (Fsp3) is 0.154. The summed E-state index contributed by atoms with van der Waals surface area (Å²) in [7, 11) is 0. The van der Waals surface area contributed by atoms with Crippen LogP contribution in [0.3, 0.4) is 0 Å². The van der Waals surface area contributed by atoms with Crippen molar-refractivity contribution < 1.29 is 13.5 Å². The zero-order chi connectivity index (χ0) is 25.8. The van der Waals surface area contributed by atoms with Crippen LogP contribution in [-0.2, 0) is 0 Å². The molecule has 2 atom stereocenters. The average Bonchev–Trinajstić information content (AvgIpc) is 3.56. The number of halogens is 2. The van der Waals surface area contributed by atoms with E-state index in [1.165, 1.54) is 6.33 Å². The SMILES string of the molecule is N#Cc1ccc2ncn(-c3ncc4c(n3)N([C@@H]3CCOc5c(F)ccc(F)c53)C(c3cncnc3)N4)c2c1. The summed E-state index contributed by atoms with van der Waals surface area (Å²) in [6, 6.07) is 8.86. The molecule has 0 saturated heterocycles. The lowest BCUT2D eigenvalue weighted by atomic mass is 9.97. The number of nitrogens with one attached hydrogen (secondary N) is 1. The molecule has 7 rings (SSSR count). The van der Waals surface area contributed by atoms with Crippen molar-refractivity contribution >= 4 is 22.5 Å². The van der Waals surface area contributed by atoms with Gasteiger partial charge in [-0.2, -0.15) is 10.2 Å². The molecule has 2 aliphatic heterocycles. The summed E-state index contributed by atoms with van der Waals surface area (Å²) in [5, 5.41) is 12.7. The van der Waals surface area contributed by atoms with Crippen LogP contribution in [0.5, 0.6) is 5.75 Å². The standard InChI is InChI=1S/C26H17F2N9O/c27-16-2-3-17(28)23-22(16)20(5-6-38-23)37-24(15-9-30-12-31-10-15)34-19-11-32-26(35-25(19)37)36-13-33-18-4-1-14(8-29)7-21(18)36/h1-4,7,9-13,20,24,34H,5-6H2/t20-,24?/m1/s1. The molecule has 1 N–H and O–H groups in total. The molecule has 5 heterocycles. The minimum absolute atomic E-state index is 0.100. The van der Waals surface area contributed by atoms with Gasteiger partial charge < -0.3 is 15.0 Å². The van der Waals surface area contributed by atoms with Gasteiger partial charge in [-0.15, -0.1) is 0 Å². The Morgan fingerprint density at radius 3 is 2.74 bits per heavy atom. The highest BCUT2D eigenvalue weighted by Crippen LogP contribution is 2.49. The molecule has 12 heteroatoms. The molecule has 0 amide bonds. The van der Waals surface area contributed by atoms with Crippen molar-refractivity contribution in [1.82, 2.24) is 29.5 Å². The minimum atomic E-state index is -0.625. The van der Waals surface area contributed by atoms with Crippen LogP contribution in [0.2, 0.25) is 0 Å². The molecule has 0 saturated carbocycles. The van der Waals surface area contributed by atoms with Crippen molar-refractivity contribution in [3.8, 4) is 17.8 Å². The lowest BCUT2D eigenvalue weighted by Gasteiger charge is -2.37. The third kappa shape index (κ3) is 3.32. The van der Waals surface area contributed by atoms with Crippen molar-refractivity contribution in [1.29, 1.82) is 5.26 Å². The Bertz CT molecular complexity index is 1750. The number of anilines is 2. The van der Waals surface area contributed by atoms with Crippen molar-refractivity contribution in [2.75, 3.05) is 16.8 Å². The summed E-state index contributed by atoms with van der Waals surface area (Å²) in [5.74, 6) is -0.494. The molecule has 3 aromatic heterocycles. The summed E-state index contributed by atoms with van der Waals surface area (Å²) in [6.45, 7) is 0.197. The van der Waals surface area contributed by atoms with Gasteiger partial charge in [0.2, 0.25) is 5.95 Å². The third-order valence-corrected chi connectivity index (χ3v) is 6.76. The Hall–Kier alpha value is -5.18. The zero-order valence-corrected chi connectivity index (χ0v) is 19.6. The van der Waals surface area contributed by atoms with Gasteiger partial charge in [0, 0.05) is 24.4 Å². The number of nitrogens with zero attached hydrogens (tertiary/aromatic N) is 8. The number of benzene rings is 2. The first kappa shape index (κ1) is 22.1. The fourth-order valence-corrected chi connectivity index (χ4v) is 5.08. The Kier molecular flexibility index (Phi) is 4.90. The first-order chi connectivity index (χ1) is 18.6. The van der Waals surface area contributed by atoms with E-state index < -0.39 is 23.8 Å². The van der Waals surface area contributed by atoms with E-state index in [9.17, 15) is 9.65 Å². The quantitative estimate of drug-likeness (QED) is 0.382. The Morgan fingerprint density at radius 2 is 1.89 bits per heavy atom. The molecule has 5 aromatic rings. The van der Waals surface area contributed by atoms with Gasteiger partial charge in [0.25, 0.3) is 0 Å². The molecule has 0 radical (unpaired) electrons. The molecule has 0 fully saturated rings. The molecule has 0 aliphatic carbocycles. The largest absolute Gasteiger partial charge is 0.490 e. The predicted molar refractivity (Wildman–Crippen MR) is 131 cm³/mol. The maximum atomic E-state index is 15.2. The van der Waals surface area contributed by atoms with E-state index in [0.717, 1.165) is 12.1 Å². The second kappa shape index (κ2) is 8.45. The van der Waals surface area contributed by atoms with E-state index in [0.29, 0.717) is 46.0 Å². The van der Waals surface area contributed by atoms with Crippen LogP contribution < -0.4 is 15.0 Å². The fourth-order valence-electron chi connectivity index (χ4n) is 5.08. The summed E-state index contributed by atoms with van der Waals surface area (Å²) in [5.41, 5.74) is 3.26. The highest BCUT2D eigenvalue weighted by Gasteiger charge is 2.42. The molecule has 186 valence electrons. The lowest BCUT2D eigenvalue weighted by molar-refractivity contribution is 0.243. The molecular weight excluding hydrogens is 492 g/mol. The highest BCUT2D eigenvalue weighted by atomic mass is 19.1. The lowest BCUT2D eigenvalue weighted by Crippen LogP contribution is -2.36. The van der Waals surface area contributed by atoms with Crippen LogP contribution in [0.4, 0.5) is 20.3 Å². The van der Waals surface area contributed by atoms with Gasteiger partial charge in [-0.3, -0.25) is 4.57 Å². The molecule has 2 aliphatic rings. The molecular formula is C26H17F2N9O. The zero-order valence-electron chi connectivity index (χ0n) is 19.6. The van der Waals surface area contributed by atoms with Gasteiger partial charge in [-0.05, 0) is 30.3 Å². The Balaban J connectivity index is 1.41. The monoisotopic (exact) mass is 509 g/mol. The summed E-state index contributed by atoms with van der Waals surface area (Å²) >= 11 is 0. The Morgan fingerprint density at radius 1 is 1.05 bits per heavy atom. The maximum absolute atomic E-state index is 15.2. The number of hydrogen-bond acceptors (Lipinski definition) is 9. The second-order valence-electron chi connectivity index (χ2n) is 8.89. The number of aromatic nitrogens is 6. The van der Waals surface area contributed by atoms with Crippen molar-refractivity contribution in [2.45, 2.75) is 18.6 Å². The number of imidazole rings is 1. The van der Waals surface area contributed by atoms with Gasteiger partial charge in [0.1, 0.15) is 24.6 Å². The molecule has 0 bridgehead atoms. The van der Waals surface area contributed by atoms with Gasteiger partial charge in [-0.1, -0.05) is 0 Å². The molecule has 2 aromatic carbocycles. The Labute approximate surface area is 214 Å². The molecule has 10 nitrogen and oxygen atoms in total. The van der Waals surface area contributed by atoms with Gasteiger partial charge in [0.15, 0.2) is 17.4 Å². The van der Waals surface area contributed by atoms with Crippen LogP contribution in [0, 0.1) is 23.0 Å². The summed E-state index contributed by atoms with van der Waals surface area (Å²) in [4.78, 5) is 24.0. The van der Waals surface area contributed by atoms with Gasteiger partial charge >= 0.3 is 0 Å². The van der Waals surface area contributed by atoms with Crippen molar-refractivity contribution in [2.24, 2.45) is 0 Å². The van der Waals surface area contributed by atoms with E-state index in [1.54, 1.807) is 47.7 Å². The normalized spacial score (nSPS) is 17.9. The topological polar surface area (TPSA) is 118 Å². The number of hydrogen-bond donors (Lipinski definition) is 1. The number of fused-ring (bicyclic) bond motifs is 3.